The van der Waals surface area contributed by atoms with Crippen molar-refractivity contribution < 1.29 is 4.74 Å². The van der Waals surface area contributed by atoms with E-state index < -0.39 is 0 Å². The molecule has 0 aromatic rings. The molecule has 0 heterocycles. The van der Waals surface area contributed by atoms with Crippen LogP contribution < -0.4 is 0 Å². The molecule has 0 aromatic carbocycles. The predicted molar refractivity (Wildman–Crippen MR) is 37.5 cm³/mol. The van der Waals surface area contributed by atoms with Gasteiger partial charge in [0.05, 0.1) is 0 Å². The summed E-state index contributed by atoms with van der Waals surface area (Å²) in [6.45, 7) is 5.98. The summed E-state index contributed by atoms with van der Waals surface area (Å²) in [6, 6.07) is 0. The number of rotatable bonds is 5. The molecule has 0 rings (SSSR count). The molecule has 0 fully saturated rings. The van der Waals surface area contributed by atoms with Crippen LogP contribution in [0.4, 0.5) is 0 Å². The Balaban J connectivity index is 2.53. The van der Waals surface area contributed by atoms with Crippen LogP contribution in [0.2, 0.25) is 13.1 Å². The Bertz CT molecular complexity index is 33.5. The van der Waals surface area contributed by atoms with E-state index in [9.17, 15) is 0 Å². The van der Waals surface area contributed by atoms with Crippen LogP contribution in [0.5, 0.6) is 0 Å². The van der Waals surface area contributed by atoms with E-state index in [4.69, 9.17) is 4.74 Å². The van der Waals surface area contributed by atoms with Crippen LogP contribution in [0, 0.1) is 0 Å². The molecule has 0 saturated carbocycles. The van der Waals surface area contributed by atoms with E-state index in [1.807, 2.05) is 0 Å². The van der Waals surface area contributed by atoms with Crippen molar-refractivity contribution in [2.45, 2.75) is 26.5 Å². The normalized spacial score (nSPS) is 9.25. The minimum Gasteiger partial charge on any atom is -0.382 e. The molecule has 47 valence electrons. The van der Waals surface area contributed by atoms with Crippen molar-refractivity contribution >= 4 is 7.28 Å². The average molecular weight is 113 g/mol. The van der Waals surface area contributed by atoms with Gasteiger partial charge in [-0.2, -0.15) is 0 Å². The molecule has 0 aliphatic rings. The summed E-state index contributed by atoms with van der Waals surface area (Å²) in [5.74, 6) is 0. The first kappa shape index (κ1) is 8.02. The van der Waals surface area contributed by atoms with E-state index in [-0.39, 0.29) is 0 Å². The first-order chi connectivity index (χ1) is 3.91. The summed E-state index contributed by atoms with van der Waals surface area (Å²) in [4.78, 5) is 0. The molecule has 0 aliphatic carbocycles. The third kappa shape index (κ3) is 6.02. The maximum atomic E-state index is 5.19. The predicted octanol–water partition coefficient (Wildman–Crippen LogP) is 1.58. The second-order valence-corrected chi connectivity index (χ2v) is 1.81. The lowest BCUT2D eigenvalue weighted by atomic mass is 9.79. The summed E-state index contributed by atoms with van der Waals surface area (Å²) in [5.41, 5.74) is 0. The van der Waals surface area contributed by atoms with Crippen LogP contribution in [-0.2, 0) is 4.74 Å². The van der Waals surface area contributed by atoms with Gasteiger partial charge < -0.3 is 4.74 Å². The van der Waals surface area contributed by atoms with Gasteiger partial charge in [-0.1, -0.05) is 20.1 Å². The molecule has 8 heavy (non-hydrogen) atoms. The van der Waals surface area contributed by atoms with Gasteiger partial charge in [0.1, 0.15) is 7.28 Å². The Morgan fingerprint density at radius 3 is 2.62 bits per heavy atom. The molecule has 1 radical (unpaired) electrons. The molecular formula is C6H14BO. The first-order valence-corrected chi connectivity index (χ1v) is 3.27. The highest BCUT2D eigenvalue weighted by Crippen LogP contribution is 1.83. The van der Waals surface area contributed by atoms with Crippen molar-refractivity contribution in [2.24, 2.45) is 0 Å². The second kappa shape index (κ2) is 7.02. The van der Waals surface area contributed by atoms with Crippen LogP contribution in [0.1, 0.15) is 13.3 Å². The molecule has 0 saturated heterocycles. The zero-order valence-corrected chi connectivity index (χ0v) is 5.81. The third-order valence-electron chi connectivity index (χ3n) is 0.899. The van der Waals surface area contributed by atoms with Crippen molar-refractivity contribution in [1.29, 1.82) is 0 Å². The Kier molecular flexibility index (Phi) is 7.05. The van der Waals surface area contributed by atoms with Gasteiger partial charge in [0.15, 0.2) is 0 Å². The van der Waals surface area contributed by atoms with Gasteiger partial charge in [-0.3, -0.25) is 0 Å². The second-order valence-electron chi connectivity index (χ2n) is 1.81. The van der Waals surface area contributed by atoms with Crippen LogP contribution in [-0.4, -0.2) is 20.5 Å². The molecule has 2 heteroatoms. The lowest BCUT2D eigenvalue weighted by Gasteiger charge is -1.97. The highest BCUT2D eigenvalue weighted by Gasteiger charge is 1.83. The molecule has 0 spiro atoms. The Morgan fingerprint density at radius 1 is 1.38 bits per heavy atom. The van der Waals surface area contributed by atoms with E-state index in [0.29, 0.717) is 0 Å². The van der Waals surface area contributed by atoms with Crippen LogP contribution >= 0.6 is 0 Å². The van der Waals surface area contributed by atoms with E-state index in [1.54, 1.807) is 0 Å². The fourth-order valence-electron chi connectivity index (χ4n) is 0.448. The molecule has 0 amide bonds. The van der Waals surface area contributed by atoms with Crippen molar-refractivity contribution in [3.8, 4) is 0 Å². The van der Waals surface area contributed by atoms with Crippen LogP contribution in [0.15, 0.2) is 0 Å². The van der Waals surface area contributed by atoms with E-state index in [0.717, 1.165) is 26.0 Å². The Hall–Kier alpha value is 0.0249. The summed E-state index contributed by atoms with van der Waals surface area (Å²) in [7, 11) is 2.12. The van der Waals surface area contributed by atoms with Crippen molar-refractivity contribution in [3.05, 3.63) is 0 Å². The zero-order valence-electron chi connectivity index (χ0n) is 5.81. The third-order valence-corrected chi connectivity index (χ3v) is 0.899. The quantitative estimate of drug-likeness (QED) is 0.388. The summed E-state index contributed by atoms with van der Waals surface area (Å²) >= 11 is 0. The maximum absolute atomic E-state index is 5.19. The van der Waals surface area contributed by atoms with Gasteiger partial charge in [-0.25, -0.2) is 0 Å². The molecule has 0 aromatic heterocycles. The molecular weight excluding hydrogens is 98.9 g/mol. The monoisotopic (exact) mass is 113 g/mol. The largest absolute Gasteiger partial charge is 0.382 e. The topological polar surface area (TPSA) is 9.23 Å². The first-order valence-electron chi connectivity index (χ1n) is 3.27. The number of hydrogen-bond acceptors (Lipinski definition) is 1. The highest BCUT2D eigenvalue weighted by atomic mass is 16.5. The van der Waals surface area contributed by atoms with Gasteiger partial charge in [0.2, 0.25) is 0 Å². The zero-order chi connectivity index (χ0) is 6.24. The Morgan fingerprint density at radius 2 is 2.12 bits per heavy atom. The molecule has 0 atom stereocenters. The molecule has 1 nitrogen and oxygen atoms in total. The maximum Gasteiger partial charge on any atom is 0.108 e. The van der Waals surface area contributed by atoms with E-state index in [2.05, 4.69) is 21.0 Å². The molecule has 0 aliphatic heterocycles. The van der Waals surface area contributed by atoms with E-state index >= 15 is 0 Å². The lowest BCUT2D eigenvalue weighted by Crippen LogP contribution is -1.96. The van der Waals surface area contributed by atoms with E-state index in [1.165, 1.54) is 0 Å². The van der Waals surface area contributed by atoms with Gasteiger partial charge in [0, 0.05) is 13.2 Å². The molecule has 0 N–H and O–H groups in total. The SMILES string of the molecule is C[B]CCOCCC. The smallest absolute Gasteiger partial charge is 0.108 e. The highest BCUT2D eigenvalue weighted by molar-refractivity contribution is 6.33. The number of hydrogen-bond donors (Lipinski definition) is 0. The standard InChI is InChI=1S/C6H14BO/c1-3-5-8-6-4-7-2/h3-6H2,1-2H3. The van der Waals surface area contributed by atoms with Crippen LogP contribution in [0.25, 0.3) is 0 Å². The van der Waals surface area contributed by atoms with Crippen molar-refractivity contribution in [2.75, 3.05) is 13.2 Å². The summed E-state index contributed by atoms with van der Waals surface area (Å²) in [5, 5.41) is 0. The van der Waals surface area contributed by atoms with Crippen LogP contribution in [0.3, 0.4) is 0 Å². The number of ether oxygens (including phenoxy) is 1. The average Bonchev–Trinajstić information content (AvgIpc) is 1.81. The summed E-state index contributed by atoms with van der Waals surface area (Å²) in [6.07, 6.45) is 2.21. The summed E-state index contributed by atoms with van der Waals surface area (Å²) < 4.78 is 5.19. The fraction of sp³-hybridized carbons (Fsp3) is 1.00. The molecule has 0 bridgehead atoms. The minimum absolute atomic E-state index is 0.893. The fourth-order valence-corrected chi connectivity index (χ4v) is 0.448. The van der Waals surface area contributed by atoms with Gasteiger partial charge in [-0.15, -0.1) is 0 Å². The van der Waals surface area contributed by atoms with Gasteiger partial charge >= 0.3 is 0 Å². The molecule has 0 unspecified atom stereocenters. The lowest BCUT2D eigenvalue weighted by molar-refractivity contribution is 0.148. The van der Waals surface area contributed by atoms with Gasteiger partial charge in [-0.05, 0) is 6.42 Å². The van der Waals surface area contributed by atoms with Crippen molar-refractivity contribution in [3.63, 3.8) is 0 Å². The minimum atomic E-state index is 0.893. The van der Waals surface area contributed by atoms with Crippen molar-refractivity contribution in [1.82, 2.24) is 0 Å². The van der Waals surface area contributed by atoms with Gasteiger partial charge in [0.25, 0.3) is 0 Å². The Labute approximate surface area is 52.7 Å².